The maximum atomic E-state index is 13.0. The number of carbonyl (C=O) groups excluding carboxylic acids is 3. The fourth-order valence-corrected chi connectivity index (χ4v) is 4.59. The van der Waals surface area contributed by atoms with Crippen LogP contribution in [0.25, 0.3) is 0 Å². The highest BCUT2D eigenvalue weighted by molar-refractivity contribution is 7.09. The number of amides is 4. The Morgan fingerprint density at radius 3 is 2.96 bits per heavy atom. The van der Waals surface area contributed by atoms with Crippen LogP contribution in [-0.4, -0.2) is 46.3 Å². The first-order chi connectivity index (χ1) is 12.5. The van der Waals surface area contributed by atoms with Crippen molar-refractivity contribution in [2.24, 2.45) is 5.92 Å². The molecule has 1 N–H and O–H groups in total. The molecule has 0 radical (unpaired) electrons. The minimum Gasteiger partial charge on any atom is -0.332 e. The van der Waals surface area contributed by atoms with Crippen molar-refractivity contribution in [3.05, 3.63) is 35.0 Å². The molecule has 0 unspecified atom stereocenters. The summed E-state index contributed by atoms with van der Waals surface area (Å²) in [7, 11) is 0. The van der Waals surface area contributed by atoms with Crippen molar-refractivity contribution in [3.63, 3.8) is 0 Å². The van der Waals surface area contributed by atoms with Gasteiger partial charge in [0.1, 0.15) is 12.1 Å². The molecule has 140 valence electrons. The van der Waals surface area contributed by atoms with Gasteiger partial charge in [-0.25, -0.2) is 4.79 Å². The third kappa shape index (κ3) is 3.40. The van der Waals surface area contributed by atoms with Crippen LogP contribution in [0.3, 0.4) is 0 Å². The highest BCUT2D eigenvalue weighted by atomic mass is 32.1. The fourth-order valence-electron chi connectivity index (χ4n) is 3.88. The van der Waals surface area contributed by atoms with Crippen LogP contribution >= 0.6 is 11.3 Å². The van der Waals surface area contributed by atoms with Gasteiger partial charge in [0, 0.05) is 11.4 Å². The molecule has 0 bridgehead atoms. The van der Waals surface area contributed by atoms with Gasteiger partial charge >= 0.3 is 6.03 Å². The van der Waals surface area contributed by atoms with E-state index in [1.54, 1.807) is 22.3 Å². The van der Waals surface area contributed by atoms with Crippen LogP contribution in [0.15, 0.2) is 30.2 Å². The maximum Gasteiger partial charge on any atom is 0.325 e. The van der Waals surface area contributed by atoms with E-state index in [9.17, 15) is 14.4 Å². The Morgan fingerprint density at radius 1 is 1.50 bits per heavy atom. The lowest BCUT2D eigenvalue weighted by atomic mass is 9.73. The number of nitrogens with zero attached hydrogens (tertiary/aromatic N) is 2. The molecule has 4 amide bonds. The largest absolute Gasteiger partial charge is 0.332 e. The predicted octanol–water partition coefficient (Wildman–Crippen LogP) is 2.76. The number of hydrogen-bond donors (Lipinski definition) is 1. The zero-order valence-electron chi connectivity index (χ0n) is 15.1. The van der Waals surface area contributed by atoms with Crippen LogP contribution in [0.4, 0.5) is 4.79 Å². The van der Waals surface area contributed by atoms with Crippen molar-refractivity contribution < 1.29 is 14.4 Å². The SMILES string of the molecule is C=CCN(Cc1cccs1)C(=O)CN1C(=O)N[C@@]2(CCCC[C@@H]2C)C1=O. The van der Waals surface area contributed by atoms with E-state index >= 15 is 0 Å². The van der Waals surface area contributed by atoms with Gasteiger partial charge in [0.2, 0.25) is 5.91 Å². The minimum atomic E-state index is -0.827. The molecule has 1 aliphatic heterocycles. The lowest BCUT2D eigenvalue weighted by molar-refractivity contribution is -0.140. The van der Waals surface area contributed by atoms with Crippen LogP contribution < -0.4 is 5.32 Å². The Morgan fingerprint density at radius 2 is 2.31 bits per heavy atom. The van der Waals surface area contributed by atoms with Crippen LogP contribution in [0.5, 0.6) is 0 Å². The van der Waals surface area contributed by atoms with E-state index in [0.29, 0.717) is 19.5 Å². The molecule has 2 atom stereocenters. The predicted molar refractivity (Wildman–Crippen MR) is 101 cm³/mol. The molecule has 2 fully saturated rings. The standard InChI is InChI=1S/C19H25N3O3S/c1-3-10-21(12-15-8-6-11-26-15)16(23)13-22-17(24)19(20-18(22)25)9-5-4-7-14(19)2/h3,6,8,11,14H,1,4-5,7,9-10,12-13H2,2H3,(H,20,25)/t14-,19+/m0/s1. The Labute approximate surface area is 157 Å². The number of nitrogens with one attached hydrogen (secondary N) is 1. The van der Waals surface area contributed by atoms with Gasteiger partial charge < -0.3 is 10.2 Å². The van der Waals surface area contributed by atoms with Gasteiger partial charge in [-0.05, 0) is 30.2 Å². The third-order valence-electron chi connectivity index (χ3n) is 5.42. The van der Waals surface area contributed by atoms with Gasteiger partial charge in [0.05, 0.1) is 6.54 Å². The summed E-state index contributed by atoms with van der Waals surface area (Å²) in [4.78, 5) is 42.0. The second kappa shape index (κ2) is 7.61. The summed E-state index contributed by atoms with van der Waals surface area (Å²) in [6.07, 6.45) is 5.20. The lowest BCUT2D eigenvalue weighted by Gasteiger charge is -2.36. The Bertz CT molecular complexity index is 703. The molecule has 1 saturated carbocycles. The number of rotatable bonds is 6. The van der Waals surface area contributed by atoms with E-state index in [0.717, 1.165) is 29.0 Å². The molecule has 1 saturated heterocycles. The second-order valence-corrected chi connectivity index (χ2v) is 8.11. The molecule has 0 aromatic carbocycles. The molecule has 7 heteroatoms. The molecular formula is C19H25N3O3S. The first-order valence-electron chi connectivity index (χ1n) is 9.03. The first kappa shape index (κ1) is 18.6. The molecule has 2 aliphatic rings. The Kier molecular flexibility index (Phi) is 5.46. The lowest BCUT2D eigenvalue weighted by Crippen LogP contribution is -2.54. The second-order valence-electron chi connectivity index (χ2n) is 7.08. The summed E-state index contributed by atoms with van der Waals surface area (Å²) in [5.74, 6) is -0.414. The molecule has 1 aromatic rings. The number of thiophene rings is 1. The molecule has 1 aliphatic carbocycles. The monoisotopic (exact) mass is 375 g/mol. The topological polar surface area (TPSA) is 69.7 Å². The van der Waals surface area contributed by atoms with Gasteiger partial charge in [-0.2, -0.15) is 0 Å². The quantitative estimate of drug-likeness (QED) is 0.614. The van der Waals surface area contributed by atoms with E-state index in [4.69, 9.17) is 0 Å². The minimum absolute atomic E-state index is 0.0863. The molecule has 3 rings (SSSR count). The molecule has 6 nitrogen and oxygen atoms in total. The van der Waals surface area contributed by atoms with E-state index in [2.05, 4.69) is 11.9 Å². The molecular weight excluding hydrogens is 350 g/mol. The zero-order chi connectivity index (χ0) is 18.7. The van der Waals surface area contributed by atoms with Crippen LogP contribution in [-0.2, 0) is 16.1 Å². The van der Waals surface area contributed by atoms with Crippen molar-refractivity contribution in [3.8, 4) is 0 Å². The van der Waals surface area contributed by atoms with Crippen molar-refractivity contribution in [1.29, 1.82) is 0 Å². The molecule has 1 spiro atoms. The van der Waals surface area contributed by atoms with E-state index in [1.807, 2.05) is 24.4 Å². The first-order valence-corrected chi connectivity index (χ1v) is 9.91. The van der Waals surface area contributed by atoms with Crippen LogP contribution in [0.1, 0.15) is 37.5 Å². The number of imide groups is 1. The van der Waals surface area contributed by atoms with Crippen molar-refractivity contribution >= 4 is 29.2 Å². The normalized spacial score (nSPS) is 25.4. The maximum absolute atomic E-state index is 13.0. The smallest absolute Gasteiger partial charge is 0.325 e. The summed E-state index contributed by atoms with van der Waals surface area (Å²) in [5, 5.41) is 4.85. The van der Waals surface area contributed by atoms with E-state index in [1.165, 1.54) is 0 Å². The average Bonchev–Trinajstić information content (AvgIpc) is 3.20. The van der Waals surface area contributed by atoms with E-state index in [-0.39, 0.29) is 24.3 Å². The van der Waals surface area contributed by atoms with Crippen molar-refractivity contribution in [2.75, 3.05) is 13.1 Å². The highest BCUT2D eigenvalue weighted by Gasteiger charge is 2.55. The number of carbonyl (C=O) groups is 3. The van der Waals surface area contributed by atoms with Gasteiger partial charge in [-0.3, -0.25) is 14.5 Å². The molecule has 1 aromatic heterocycles. The van der Waals surface area contributed by atoms with Crippen LogP contribution in [0.2, 0.25) is 0 Å². The van der Waals surface area contributed by atoms with Gasteiger partial charge in [-0.15, -0.1) is 17.9 Å². The molecule has 26 heavy (non-hydrogen) atoms. The van der Waals surface area contributed by atoms with Crippen molar-refractivity contribution in [1.82, 2.24) is 15.1 Å². The van der Waals surface area contributed by atoms with Crippen molar-refractivity contribution in [2.45, 2.75) is 44.7 Å². The summed E-state index contributed by atoms with van der Waals surface area (Å²) < 4.78 is 0. The zero-order valence-corrected chi connectivity index (χ0v) is 15.9. The summed E-state index contributed by atoms with van der Waals surface area (Å²) in [5.41, 5.74) is -0.827. The highest BCUT2D eigenvalue weighted by Crippen LogP contribution is 2.38. The van der Waals surface area contributed by atoms with E-state index < -0.39 is 11.6 Å². The van der Waals surface area contributed by atoms with Gasteiger partial charge in [-0.1, -0.05) is 31.9 Å². The number of hydrogen-bond acceptors (Lipinski definition) is 4. The Balaban J connectivity index is 1.72. The summed E-state index contributed by atoms with van der Waals surface area (Å²) in [6, 6.07) is 3.44. The van der Waals surface area contributed by atoms with Gasteiger partial charge in [0.25, 0.3) is 5.91 Å². The molecule has 2 heterocycles. The fraction of sp³-hybridized carbons (Fsp3) is 0.526. The van der Waals surface area contributed by atoms with Gasteiger partial charge in [0.15, 0.2) is 0 Å². The third-order valence-corrected chi connectivity index (χ3v) is 6.28. The number of urea groups is 1. The van der Waals surface area contributed by atoms with Crippen LogP contribution in [0, 0.1) is 5.92 Å². The average molecular weight is 375 g/mol. The summed E-state index contributed by atoms with van der Waals surface area (Å²) in [6.45, 7) is 6.31. The Hall–Kier alpha value is -2.15. The summed E-state index contributed by atoms with van der Waals surface area (Å²) >= 11 is 1.57.